The van der Waals surface area contributed by atoms with Crippen molar-refractivity contribution in [3.05, 3.63) is 69.9 Å². The van der Waals surface area contributed by atoms with Crippen LogP contribution in [0.4, 0.5) is 4.39 Å². The fourth-order valence-corrected chi connectivity index (χ4v) is 2.23. The number of rotatable bonds is 5. The summed E-state index contributed by atoms with van der Waals surface area (Å²) in [6.07, 6.45) is -0.251. The predicted molar refractivity (Wildman–Crippen MR) is 81.7 cm³/mol. The molecule has 0 aromatic heterocycles. The van der Waals surface area contributed by atoms with Gasteiger partial charge in [0.1, 0.15) is 5.82 Å². The molecule has 0 aliphatic carbocycles. The summed E-state index contributed by atoms with van der Waals surface area (Å²) in [6, 6.07) is 14.0. The summed E-state index contributed by atoms with van der Waals surface area (Å²) in [5.74, 6) is -0.259. The van der Waals surface area contributed by atoms with Crippen LogP contribution >= 0.6 is 15.9 Å². The molecule has 0 aliphatic rings. The summed E-state index contributed by atoms with van der Waals surface area (Å²) < 4.78 is 19.9. The first-order valence-electron chi connectivity index (χ1n) is 6.43. The smallest absolute Gasteiger partial charge is 0.123 e. The average molecular weight is 338 g/mol. The van der Waals surface area contributed by atoms with Gasteiger partial charge in [-0.3, -0.25) is 0 Å². The minimum Gasteiger partial charge on any atom is -0.367 e. The van der Waals surface area contributed by atoms with Crippen LogP contribution in [0.2, 0.25) is 0 Å². The highest BCUT2D eigenvalue weighted by Crippen LogP contribution is 2.22. The minimum atomic E-state index is -0.259. The molecule has 0 amide bonds. The highest BCUT2D eigenvalue weighted by Gasteiger charge is 2.17. The highest BCUT2D eigenvalue weighted by atomic mass is 79.9. The van der Waals surface area contributed by atoms with Crippen molar-refractivity contribution in [2.75, 3.05) is 0 Å². The lowest BCUT2D eigenvalue weighted by atomic mass is 10.0. The number of halogens is 2. The maximum absolute atomic E-state index is 13.0. The van der Waals surface area contributed by atoms with E-state index in [4.69, 9.17) is 10.5 Å². The molecule has 0 saturated carbocycles. The molecule has 0 radical (unpaired) electrons. The van der Waals surface area contributed by atoms with Crippen molar-refractivity contribution >= 4 is 15.9 Å². The molecule has 2 rings (SSSR count). The van der Waals surface area contributed by atoms with Gasteiger partial charge in [-0.15, -0.1) is 0 Å². The van der Waals surface area contributed by atoms with Gasteiger partial charge in [-0.2, -0.15) is 0 Å². The van der Waals surface area contributed by atoms with E-state index >= 15 is 0 Å². The zero-order valence-corrected chi connectivity index (χ0v) is 12.8. The lowest BCUT2D eigenvalue weighted by Gasteiger charge is -2.22. The molecular formula is C16H17BrFNO. The topological polar surface area (TPSA) is 35.2 Å². The number of nitrogens with two attached hydrogens (primary N) is 1. The Morgan fingerprint density at radius 1 is 1.10 bits per heavy atom. The largest absolute Gasteiger partial charge is 0.367 e. The summed E-state index contributed by atoms with van der Waals surface area (Å²) in [7, 11) is 0. The van der Waals surface area contributed by atoms with E-state index in [-0.39, 0.29) is 18.0 Å². The molecule has 2 unspecified atom stereocenters. The molecule has 0 saturated heterocycles. The van der Waals surface area contributed by atoms with Crippen molar-refractivity contribution in [2.45, 2.75) is 25.7 Å². The standard InChI is InChI=1S/C16H17BrFNO/c1-11(19)16(13-4-8-15(18)9-5-13)20-10-12-2-6-14(17)7-3-12/h2-9,11,16H,10,19H2,1H3. The third-order valence-electron chi connectivity index (χ3n) is 3.02. The van der Waals surface area contributed by atoms with E-state index in [1.165, 1.54) is 12.1 Å². The number of benzene rings is 2. The van der Waals surface area contributed by atoms with Crippen molar-refractivity contribution in [1.82, 2.24) is 0 Å². The lowest BCUT2D eigenvalue weighted by molar-refractivity contribution is 0.0258. The van der Waals surface area contributed by atoms with Crippen LogP contribution in [0.1, 0.15) is 24.2 Å². The summed E-state index contributed by atoms with van der Waals surface area (Å²) in [6.45, 7) is 2.35. The van der Waals surface area contributed by atoms with Gasteiger partial charge in [-0.25, -0.2) is 4.39 Å². The molecule has 2 aromatic rings. The normalized spacial score (nSPS) is 14.0. The Balaban J connectivity index is 2.06. The Morgan fingerprint density at radius 2 is 1.70 bits per heavy atom. The van der Waals surface area contributed by atoms with Crippen LogP contribution in [-0.4, -0.2) is 6.04 Å². The van der Waals surface area contributed by atoms with E-state index < -0.39 is 0 Å². The van der Waals surface area contributed by atoms with Crippen LogP contribution in [0.3, 0.4) is 0 Å². The molecule has 0 bridgehead atoms. The van der Waals surface area contributed by atoms with E-state index in [9.17, 15) is 4.39 Å². The maximum Gasteiger partial charge on any atom is 0.123 e. The first-order chi connectivity index (χ1) is 9.56. The van der Waals surface area contributed by atoms with Gasteiger partial charge in [0.25, 0.3) is 0 Å². The Hall–Kier alpha value is -1.23. The second-order valence-electron chi connectivity index (χ2n) is 4.77. The zero-order chi connectivity index (χ0) is 14.5. The third-order valence-corrected chi connectivity index (χ3v) is 3.55. The molecule has 20 heavy (non-hydrogen) atoms. The molecule has 0 fully saturated rings. The first-order valence-corrected chi connectivity index (χ1v) is 7.22. The fourth-order valence-electron chi connectivity index (χ4n) is 1.97. The molecule has 106 valence electrons. The SMILES string of the molecule is CC(N)C(OCc1ccc(Br)cc1)c1ccc(F)cc1. The van der Waals surface area contributed by atoms with Crippen molar-refractivity contribution in [2.24, 2.45) is 5.73 Å². The van der Waals surface area contributed by atoms with Crippen LogP contribution in [0.5, 0.6) is 0 Å². The molecule has 2 nitrogen and oxygen atoms in total. The summed E-state index contributed by atoms with van der Waals surface area (Å²) in [5, 5.41) is 0. The number of ether oxygens (including phenoxy) is 1. The van der Waals surface area contributed by atoms with Gasteiger partial charge in [0.05, 0.1) is 12.7 Å². The van der Waals surface area contributed by atoms with Gasteiger partial charge in [0.2, 0.25) is 0 Å². The molecule has 0 aliphatic heterocycles. The van der Waals surface area contributed by atoms with Crippen molar-refractivity contribution in [3.63, 3.8) is 0 Å². The fraction of sp³-hybridized carbons (Fsp3) is 0.250. The van der Waals surface area contributed by atoms with Crippen LogP contribution in [-0.2, 0) is 11.3 Å². The second kappa shape index (κ2) is 6.97. The van der Waals surface area contributed by atoms with E-state index in [0.717, 1.165) is 15.6 Å². The summed E-state index contributed by atoms with van der Waals surface area (Å²) >= 11 is 3.40. The Morgan fingerprint density at radius 3 is 2.25 bits per heavy atom. The second-order valence-corrected chi connectivity index (χ2v) is 5.68. The summed E-state index contributed by atoms with van der Waals surface area (Å²) in [4.78, 5) is 0. The van der Waals surface area contributed by atoms with Gasteiger partial charge >= 0.3 is 0 Å². The molecule has 2 N–H and O–H groups in total. The van der Waals surface area contributed by atoms with E-state index in [1.807, 2.05) is 31.2 Å². The lowest BCUT2D eigenvalue weighted by Crippen LogP contribution is -2.27. The molecule has 4 heteroatoms. The number of hydrogen-bond donors (Lipinski definition) is 1. The van der Waals surface area contributed by atoms with Gasteiger partial charge < -0.3 is 10.5 Å². The van der Waals surface area contributed by atoms with Gasteiger partial charge in [-0.05, 0) is 42.3 Å². The molecule has 2 aromatic carbocycles. The quantitative estimate of drug-likeness (QED) is 0.887. The van der Waals surface area contributed by atoms with Gasteiger partial charge in [0.15, 0.2) is 0 Å². The van der Waals surface area contributed by atoms with E-state index in [2.05, 4.69) is 15.9 Å². The molecule has 0 spiro atoms. The zero-order valence-electron chi connectivity index (χ0n) is 11.2. The van der Waals surface area contributed by atoms with Crippen molar-refractivity contribution in [3.8, 4) is 0 Å². The predicted octanol–water partition coefficient (Wildman–Crippen LogP) is 4.19. The maximum atomic E-state index is 13.0. The monoisotopic (exact) mass is 337 g/mol. The number of hydrogen-bond acceptors (Lipinski definition) is 2. The van der Waals surface area contributed by atoms with Crippen LogP contribution in [0.25, 0.3) is 0 Å². The van der Waals surface area contributed by atoms with Crippen LogP contribution in [0, 0.1) is 5.82 Å². The van der Waals surface area contributed by atoms with Gasteiger partial charge in [-0.1, -0.05) is 40.2 Å². The average Bonchev–Trinajstić information content (AvgIpc) is 2.43. The van der Waals surface area contributed by atoms with E-state index in [0.29, 0.717) is 6.61 Å². The summed E-state index contributed by atoms with van der Waals surface area (Å²) in [5.41, 5.74) is 7.93. The third kappa shape index (κ3) is 4.13. The van der Waals surface area contributed by atoms with Crippen LogP contribution < -0.4 is 5.73 Å². The Bertz CT molecular complexity index is 539. The van der Waals surface area contributed by atoms with Crippen molar-refractivity contribution < 1.29 is 9.13 Å². The van der Waals surface area contributed by atoms with Crippen LogP contribution in [0.15, 0.2) is 53.0 Å². The van der Waals surface area contributed by atoms with Crippen molar-refractivity contribution in [1.29, 1.82) is 0 Å². The van der Waals surface area contributed by atoms with E-state index in [1.54, 1.807) is 12.1 Å². The Labute approximate surface area is 126 Å². The molecule has 2 atom stereocenters. The first kappa shape index (κ1) is 15.2. The Kier molecular flexibility index (Phi) is 5.29. The highest BCUT2D eigenvalue weighted by molar-refractivity contribution is 9.10. The molecule has 0 heterocycles. The molecular weight excluding hydrogens is 321 g/mol. The van der Waals surface area contributed by atoms with Gasteiger partial charge in [0, 0.05) is 10.5 Å². The minimum absolute atomic E-state index is 0.170.